The fraction of sp³-hybridized carbons (Fsp3) is 0. The van der Waals surface area contributed by atoms with E-state index in [0.29, 0.717) is 5.71 Å². The van der Waals surface area contributed by atoms with Gasteiger partial charge in [0.05, 0.1) is 22.8 Å². The molecule has 1 aromatic heterocycles. The number of fused-ring (bicyclic) bond motifs is 1. The van der Waals surface area contributed by atoms with Crippen LogP contribution in [0.15, 0.2) is 158 Å². The molecule has 2 N–H and O–H groups in total. The second-order valence-corrected chi connectivity index (χ2v) is 10.5. The summed E-state index contributed by atoms with van der Waals surface area (Å²) in [7, 11) is 0. The topological polar surface area (TPSA) is 48.8 Å². The van der Waals surface area contributed by atoms with Gasteiger partial charge in [0.15, 0.2) is 0 Å². The SMILES string of the molecule is N=C(/C(=C1\NC(c2ccccn2)=Cc2ccccc21)c1ccc(-c2ccccc2)cc1)c1ccc(-c2ccccc2)cc1. The van der Waals surface area contributed by atoms with Gasteiger partial charge in [-0.3, -0.25) is 10.4 Å². The minimum absolute atomic E-state index is 0.451. The molecule has 0 atom stereocenters. The molecule has 0 saturated heterocycles. The Labute approximate surface area is 252 Å². The molecule has 0 saturated carbocycles. The molecule has 0 bridgehead atoms. The fourth-order valence-corrected chi connectivity index (χ4v) is 5.58. The zero-order valence-electron chi connectivity index (χ0n) is 23.5. The van der Waals surface area contributed by atoms with Crippen LogP contribution < -0.4 is 5.32 Å². The molecule has 0 unspecified atom stereocenters. The van der Waals surface area contributed by atoms with E-state index in [0.717, 1.165) is 67.2 Å². The van der Waals surface area contributed by atoms with E-state index < -0.39 is 0 Å². The molecule has 43 heavy (non-hydrogen) atoms. The van der Waals surface area contributed by atoms with Crippen molar-refractivity contribution < 1.29 is 0 Å². The Morgan fingerprint density at radius 2 is 1.05 bits per heavy atom. The predicted molar refractivity (Wildman–Crippen MR) is 179 cm³/mol. The highest BCUT2D eigenvalue weighted by atomic mass is 14.9. The van der Waals surface area contributed by atoms with Crippen molar-refractivity contribution >= 4 is 28.8 Å². The summed E-state index contributed by atoms with van der Waals surface area (Å²) in [4.78, 5) is 4.62. The third-order valence-electron chi connectivity index (χ3n) is 7.79. The Kier molecular flexibility index (Phi) is 7.04. The molecule has 7 rings (SSSR count). The third-order valence-corrected chi connectivity index (χ3v) is 7.79. The molecule has 5 aromatic carbocycles. The molecule has 3 heteroatoms. The maximum absolute atomic E-state index is 9.63. The number of nitrogens with one attached hydrogen (secondary N) is 2. The Bertz CT molecular complexity index is 1950. The lowest BCUT2D eigenvalue weighted by Crippen LogP contribution is -2.20. The molecule has 0 spiro atoms. The lowest BCUT2D eigenvalue weighted by molar-refractivity contribution is 1.16. The average Bonchev–Trinajstić information content (AvgIpc) is 3.10. The van der Waals surface area contributed by atoms with Gasteiger partial charge in [-0.05, 0) is 51.6 Å². The quantitative estimate of drug-likeness (QED) is 0.203. The van der Waals surface area contributed by atoms with Gasteiger partial charge in [0.2, 0.25) is 0 Å². The summed E-state index contributed by atoms with van der Waals surface area (Å²) in [6.07, 6.45) is 3.94. The van der Waals surface area contributed by atoms with Crippen LogP contribution in [0.2, 0.25) is 0 Å². The highest BCUT2D eigenvalue weighted by Crippen LogP contribution is 2.36. The monoisotopic (exact) mass is 551 g/mol. The van der Waals surface area contributed by atoms with Crippen molar-refractivity contribution in [2.75, 3.05) is 0 Å². The van der Waals surface area contributed by atoms with Crippen LogP contribution in [0.4, 0.5) is 0 Å². The Balaban J connectivity index is 1.38. The Morgan fingerprint density at radius 3 is 1.65 bits per heavy atom. The van der Waals surface area contributed by atoms with Gasteiger partial charge >= 0.3 is 0 Å². The van der Waals surface area contributed by atoms with Gasteiger partial charge in [-0.15, -0.1) is 0 Å². The van der Waals surface area contributed by atoms with Crippen LogP contribution in [0.25, 0.3) is 45.3 Å². The van der Waals surface area contributed by atoms with Gasteiger partial charge in [-0.25, -0.2) is 0 Å². The molecule has 6 aromatic rings. The van der Waals surface area contributed by atoms with Crippen molar-refractivity contribution in [2.45, 2.75) is 0 Å². The van der Waals surface area contributed by atoms with E-state index in [1.54, 1.807) is 6.20 Å². The van der Waals surface area contributed by atoms with Crippen LogP contribution >= 0.6 is 0 Å². The summed E-state index contributed by atoms with van der Waals surface area (Å²) in [5.74, 6) is 0. The standard InChI is InChI=1S/C40H29N3/c41-39(33-24-20-31(21-25-33)29-13-5-2-6-14-29)38(32-22-18-30(19-23-32)28-11-3-1-4-12-28)40-35-16-8-7-15-34(35)27-37(43-40)36-17-9-10-26-42-36/h1-27,41,43H/b40-38-,41-39?. The number of benzene rings is 5. The fourth-order valence-electron chi connectivity index (χ4n) is 5.58. The van der Waals surface area contributed by atoms with Gasteiger partial charge in [-0.2, -0.15) is 0 Å². The lowest BCUT2D eigenvalue weighted by Gasteiger charge is -2.26. The molecule has 2 heterocycles. The maximum Gasteiger partial charge on any atom is 0.0864 e. The first kappa shape index (κ1) is 26.1. The molecule has 204 valence electrons. The molecule has 0 fully saturated rings. The summed E-state index contributed by atoms with van der Waals surface area (Å²) in [5, 5.41) is 13.3. The number of rotatable bonds is 6. The summed E-state index contributed by atoms with van der Waals surface area (Å²) < 4.78 is 0. The van der Waals surface area contributed by atoms with Crippen LogP contribution in [-0.2, 0) is 0 Å². The van der Waals surface area contributed by atoms with Gasteiger partial charge < -0.3 is 5.32 Å². The Morgan fingerprint density at radius 1 is 0.512 bits per heavy atom. The van der Waals surface area contributed by atoms with E-state index in [9.17, 15) is 5.41 Å². The third kappa shape index (κ3) is 5.32. The summed E-state index contributed by atoms with van der Waals surface area (Å²) in [5.41, 5.74) is 12.5. The number of pyridine rings is 1. The van der Waals surface area contributed by atoms with E-state index in [1.165, 1.54) is 0 Å². The van der Waals surface area contributed by atoms with Crippen molar-refractivity contribution in [2.24, 2.45) is 0 Å². The van der Waals surface area contributed by atoms with Gasteiger partial charge in [0.25, 0.3) is 0 Å². The molecule has 0 amide bonds. The molecule has 1 aliphatic rings. The lowest BCUT2D eigenvalue weighted by atomic mass is 9.87. The number of hydrogen-bond acceptors (Lipinski definition) is 3. The van der Waals surface area contributed by atoms with Gasteiger partial charge in [0.1, 0.15) is 0 Å². The van der Waals surface area contributed by atoms with E-state index in [1.807, 2.05) is 54.6 Å². The number of aromatic nitrogens is 1. The minimum atomic E-state index is 0.451. The van der Waals surface area contributed by atoms with Crippen molar-refractivity contribution in [1.29, 1.82) is 5.41 Å². The van der Waals surface area contributed by atoms with Crippen molar-refractivity contribution in [3.8, 4) is 22.3 Å². The summed E-state index contributed by atoms with van der Waals surface area (Å²) in [6, 6.07) is 51.8. The van der Waals surface area contributed by atoms with Crippen molar-refractivity contribution in [3.63, 3.8) is 0 Å². The highest BCUT2D eigenvalue weighted by Gasteiger charge is 2.24. The van der Waals surface area contributed by atoms with Gasteiger partial charge in [-0.1, -0.05) is 140 Å². The van der Waals surface area contributed by atoms with Crippen LogP contribution in [0, 0.1) is 5.41 Å². The van der Waals surface area contributed by atoms with Crippen LogP contribution in [0.1, 0.15) is 27.9 Å². The van der Waals surface area contributed by atoms with Crippen LogP contribution in [0.5, 0.6) is 0 Å². The molecular formula is C40H29N3. The zero-order chi connectivity index (χ0) is 29.0. The van der Waals surface area contributed by atoms with Crippen molar-refractivity contribution in [1.82, 2.24) is 10.3 Å². The van der Waals surface area contributed by atoms with Crippen LogP contribution in [0.3, 0.4) is 0 Å². The van der Waals surface area contributed by atoms with E-state index in [-0.39, 0.29) is 0 Å². The van der Waals surface area contributed by atoms with Gasteiger partial charge in [0, 0.05) is 22.9 Å². The first-order chi connectivity index (χ1) is 21.2. The summed E-state index contributed by atoms with van der Waals surface area (Å²) >= 11 is 0. The number of hydrogen-bond donors (Lipinski definition) is 2. The minimum Gasteiger partial charge on any atom is -0.353 e. The molecule has 0 aliphatic carbocycles. The van der Waals surface area contributed by atoms with Crippen LogP contribution in [-0.4, -0.2) is 10.7 Å². The zero-order valence-corrected chi connectivity index (χ0v) is 23.5. The Hall–Kier alpha value is -5.80. The highest BCUT2D eigenvalue weighted by molar-refractivity contribution is 6.36. The average molecular weight is 552 g/mol. The second-order valence-electron chi connectivity index (χ2n) is 10.5. The smallest absolute Gasteiger partial charge is 0.0864 e. The van der Waals surface area contributed by atoms with Crippen molar-refractivity contribution in [3.05, 3.63) is 186 Å². The molecule has 0 radical (unpaired) electrons. The molecule has 3 nitrogen and oxygen atoms in total. The summed E-state index contributed by atoms with van der Waals surface area (Å²) in [6.45, 7) is 0. The molecular weight excluding hydrogens is 522 g/mol. The normalized spacial score (nSPS) is 13.3. The first-order valence-electron chi connectivity index (χ1n) is 14.4. The molecule has 1 aliphatic heterocycles. The number of nitrogens with zero attached hydrogens (tertiary/aromatic N) is 1. The maximum atomic E-state index is 9.63. The number of allylic oxidation sites excluding steroid dienone is 1. The predicted octanol–water partition coefficient (Wildman–Crippen LogP) is 9.45. The van der Waals surface area contributed by atoms with E-state index in [4.69, 9.17) is 0 Å². The second kappa shape index (κ2) is 11.6. The van der Waals surface area contributed by atoms with E-state index >= 15 is 0 Å². The first-order valence-corrected chi connectivity index (χ1v) is 14.4. The largest absolute Gasteiger partial charge is 0.353 e. The van der Waals surface area contributed by atoms with E-state index in [2.05, 4.69) is 113 Å².